The Kier molecular flexibility index (Phi) is 4.28. The van der Waals surface area contributed by atoms with Crippen molar-refractivity contribution in [2.75, 3.05) is 14.1 Å². The van der Waals surface area contributed by atoms with Crippen molar-refractivity contribution < 1.29 is 9.52 Å². The molecule has 0 aliphatic heterocycles. The van der Waals surface area contributed by atoms with Crippen LogP contribution in [0.4, 0.5) is 0 Å². The molecule has 0 fully saturated rings. The van der Waals surface area contributed by atoms with E-state index in [1.165, 1.54) is 0 Å². The molecule has 0 atom stereocenters. The maximum atomic E-state index is 11.5. The second-order valence-corrected chi connectivity index (χ2v) is 5.81. The highest BCUT2D eigenvalue weighted by atomic mass is 16.3. The Morgan fingerprint density at radius 2 is 1.48 bits per heavy atom. The van der Waals surface area contributed by atoms with Gasteiger partial charge in [0.05, 0.1) is 6.54 Å². The van der Waals surface area contributed by atoms with Crippen LogP contribution in [-0.4, -0.2) is 29.1 Å². The third-order valence-electron chi connectivity index (χ3n) is 3.76. The zero-order chi connectivity index (χ0) is 16.3. The summed E-state index contributed by atoms with van der Waals surface area (Å²) in [6.45, 7) is 0.583. The van der Waals surface area contributed by atoms with Crippen molar-refractivity contribution in [3.8, 4) is 0 Å². The number of oxazole rings is 1. The molecule has 1 N–H and O–H groups in total. The summed E-state index contributed by atoms with van der Waals surface area (Å²) in [7, 11) is 3.90. The summed E-state index contributed by atoms with van der Waals surface area (Å²) < 4.78 is 5.55. The molecule has 0 amide bonds. The first-order valence-corrected chi connectivity index (χ1v) is 7.53. The van der Waals surface area contributed by atoms with Crippen LogP contribution in [-0.2, 0) is 12.1 Å². The van der Waals surface area contributed by atoms with Gasteiger partial charge in [0.1, 0.15) is 12.0 Å². The van der Waals surface area contributed by atoms with Crippen LogP contribution >= 0.6 is 0 Å². The molecule has 0 aliphatic carbocycles. The van der Waals surface area contributed by atoms with E-state index in [2.05, 4.69) is 4.98 Å². The molecule has 4 nitrogen and oxygen atoms in total. The Labute approximate surface area is 136 Å². The van der Waals surface area contributed by atoms with Gasteiger partial charge in [0.2, 0.25) is 5.89 Å². The average molecular weight is 308 g/mol. The van der Waals surface area contributed by atoms with Gasteiger partial charge in [0.15, 0.2) is 5.60 Å². The van der Waals surface area contributed by atoms with E-state index in [4.69, 9.17) is 4.42 Å². The first kappa shape index (κ1) is 15.5. The largest absolute Gasteiger partial charge is 0.447 e. The Balaban J connectivity index is 2.11. The molecule has 0 saturated carbocycles. The van der Waals surface area contributed by atoms with Crippen LogP contribution in [0.15, 0.2) is 71.3 Å². The van der Waals surface area contributed by atoms with Gasteiger partial charge >= 0.3 is 0 Å². The molecule has 4 heteroatoms. The number of aromatic nitrogens is 1. The second-order valence-electron chi connectivity index (χ2n) is 5.81. The fourth-order valence-electron chi connectivity index (χ4n) is 2.64. The van der Waals surface area contributed by atoms with Crippen molar-refractivity contribution >= 4 is 0 Å². The first-order valence-electron chi connectivity index (χ1n) is 7.53. The van der Waals surface area contributed by atoms with Gasteiger partial charge < -0.3 is 14.4 Å². The molecule has 2 aromatic carbocycles. The van der Waals surface area contributed by atoms with Gasteiger partial charge in [-0.25, -0.2) is 4.98 Å². The number of hydrogen-bond donors (Lipinski definition) is 1. The molecule has 0 unspecified atom stereocenters. The number of rotatable bonds is 5. The summed E-state index contributed by atoms with van der Waals surface area (Å²) >= 11 is 0. The number of nitrogens with zero attached hydrogens (tertiary/aromatic N) is 2. The molecule has 1 aromatic heterocycles. The summed E-state index contributed by atoms with van der Waals surface area (Å²) in [5.41, 5.74) is 0.676. The highest BCUT2D eigenvalue weighted by molar-refractivity contribution is 5.43. The predicted octanol–water partition coefficient (Wildman–Crippen LogP) is 3.02. The number of aliphatic hydroxyl groups is 1. The smallest absolute Gasteiger partial charge is 0.208 e. The minimum absolute atomic E-state index is 0.492. The zero-order valence-electron chi connectivity index (χ0n) is 13.3. The van der Waals surface area contributed by atoms with E-state index < -0.39 is 5.60 Å². The lowest BCUT2D eigenvalue weighted by Crippen LogP contribution is -2.29. The SMILES string of the molecule is CN(C)Cc1nc(C(O)(c2ccccc2)c2ccccc2)co1. The van der Waals surface area contributed by atoms with Crippen LogP contribution in [0, 0.1) is 0 Å². The standard InChI is InChI=1S/C19H20N2O2/c1-21(2)13-18-20-17(14-23-18)19(22,15-9-5-3-6-10-15)16-11-7-4-8-12-16/h3-12,14,22H,13H2,1-2H3. The molecular weight excluding hydrogens is 288 g/mol. The first-order chi connectivity index (χ1) is 11.1. The van der Waals surface area contributed by atoms with Crippen molar-refractivity contribution in [3.05, 3.63) is 89.6 Å². The molecule has 0 spiro atoms. The molecule has 3 rings (SSSR count). The van der Waals surface area contributed by atoms with Crippen molar-refractivity contribution in [1.29, 1.82) is 0 Å². The summed E-state index contributed by atoms with van der Waals surface area (Å²) in [6, 6.07) is 19.1. The molecule has 0 bridgehead atoms. The quantitative estimate of drug-likeness (QED) is 0.787. The van der Waals surface area contributed by atoms with E-state index in [9.17, 15) is 5.11 Å². The fourth-order valence-corrected chi connectivity index (χ4v) is 2.64. The average Bonchev–Trinajstić information content (AvgIpc) is 3.04. The molecule has 0 saturated heterocycles. The Morgan fingerprint density at radius 1 is 0.957 bits per heavy atom. The predicted molar refractivity (Wildman–Crippen MR) is 88.9 cm³/mol. The Bertz CT molecular complexity index is 712. The van der Waals surface area contributed by atoms with Gasteiger partial charge in [0.25, 0.3) is 0 Å². The highest BCUT2D eigenvalue weighted by Gasteiger charge is 2.36. The lowest BCUT2D eigenvalue weighted by atomic mass is 9.84. The lowest BCUT2D eigenvalue weighted by Gasteiger charge is -2.27. The minimum atomic E-state index is -1.34. The minimum Gasteiger partial charge on any atom is -0.447 e. The molecule has 1 heterocycles. The number of benzene rings is 2. The maximum Gasteiger partial charge on any atom is 0.208 e. The van der Waals surface area contributed by atoms with Crippen LogP contribution in [0.2, 0.25) is 0 Å². The van der Waals surface area contributed by atoms with E-state index in [0.717, 1.165) is 11.1 Å². The van der Waals surface area contributed by atoms with Gasteiger partial charge in [-0.05, 0) is 25.2 Å². The van der Waals surface area contributed by atoms with Gasteiger partial charge in [-0.1, -0.05) is 60.7 Å². The third-order valence-corrected chi connectivity index (χ3v) is 3.76. The topological polar surface area (TPSA) is 49.5 Å². The monoisotopic (exact) mass is 308 g/mol. The summed E-state index contributed by atoms with van der Waals surface area (Å²) in [4.78, 5) is 6.49. The van der Waals surface area contributed by atoms with Crippen LogP contribution in [0.1, 0.15) is 22.7 Å². The van der Waals surface area contributed by atoms with Gasteiger partial charge in [-0.3, -0.25) is 0 Å². The number of hydrogen-bond acceptors (Lipinski definition) is 4. The molecule has 3 aromatic rings. The van der Waals surface area contributed by atoms with E-state index in [1.54, 1.807) is 6.26 Å². The van der Waals surface area contributed by atoms with E-state index >= 15 is 0 Å². The normalized spacial score (nSPS) is 11.8. The summed E-state index contributed by atoms with van der Waals surface area (Å²) in [5, 5.41) is 11.5. The van der Waals surface area contributed by atoms with Crippen molar-refractivity contribution in [2.24, 2.45) is 0 Å². The Hall–Kier alpha value is -2.43. The van der Waals surface area contributed by atoms with Gasteiger partial charge in [-0.15, -0.1) is 0 Å². The zero-order valence-corrected chi connectivity index (χ0v) is 13.3. The van der Waals surface area contributed by atoms with Gasteiger partial charge in [-0.2, -0.15) is 0 Å². The maximum absolute atomic E-state index is 11.5. The van der Waals surface area contributed by atoms with E-state index in [-0.39, 0.29) is 0 Å². The molecule has 23 heavy (non-hydrogen) atoms. The van der Waals surface area contributed by atoms with Crippen molar-refractivity contribution in [2.45, 2.75) is 12.1 Å². The second kappa shape index (κ2) is 6.36. The van der Waals surface area contributed by atoms with Gasteiger partial charge in [0, 0.05) is 0 Å². The molecule has 0 radical (unpaired) electrons. The molecular formula is C19H20N2O2. The highest BCUT2D eigenvalue weighted by Crippen LogP contribution is 2.35. The summed E-state index contributed by atoms with van der Waals surface area (Å²) in [6.07, 6.45) is 1.54. The fraction of sp³-hybridized carbons (Fsp3) is 0.211. The third kappa shape index (κ3) is 3.04. The van der Waals surface area contributed by atoms with Crippen LogP contribution in [0.25, 0.3) is 0 Å². The van der Waals surface area contributed by atoms with Crippen LogP contribution in [0.3, 0.4) is 0 Å². The molecule has 118 valence electrons. The summed E-state index contributed by atoms with van der Waals surface area (Å²) in [5.74, 6) is 0.579. The van der Waals surface area contributed by atoms with Crippen molar-refractivity contribution in [3.63, 3.8) is 0 Å². The van der Waals surface area contributed by atoms with E-state index in [1.807, 2.05) is 79.7 Å². The lowest BCUT2D eigenvalue weighted by molar-refractivity contribution is 0.120. The van der Waals surface area contributed by atoms with Crippen molar-refractivity contribution in [1.82, 2.24) is 9.88 Å². The molecule has 0 aliphatic rings. The van der Waals surface area contributed by atoms with Crippen LogP contribution < -0.4 is 0 Å². The Morgan fingerprint density at radius 3 is 1.96 bits per heavy atom. The van der Waals surface area contributed by atoms with E-state index in [0.29, 0.717) is 18.1 Å². The van der Waals surface area contributed by atoms with Crippen LogP contribution in [0.5, 0.6) is 0 Å².